The predicted molar refractivity (Wildman–Crippen MR) is 157 cm³/mol. The quantitative estimate of drug-likeness (QED) is 0.136. The Morgan fingerprint density at radius 3 is 0.778 bits per heavy atom. The Bertz CT molecular complexity index is 561. The van der Waals surface area contributed by atoms with Crippen molar-refractivity contribution in [2.45, 2.75) is 107 Å². The summed E-state index contributed by atoms with van der Waals surface area (Å²) in [5.41, 5.74) is 0.431. The van der Waals surface area contributed by atoms with Crippen molar-refractivity contribution in [2.75, 3.05) is 26.4 Å². The molecular formula is C29H52O13Y3-6. The zero-order valence-electron chi connectivity index (χ0n) is 28.2. The second-order valence-corrected chi connectivity index (χ2v) is 8.93. The molecule has 261 valence electrons. The zero-order valence-corrected chi connectivity index (χ0v) is 36.7. The van der Waals surface area contributed by atoms with E-state index in [0.29, 0.717) is 51.1 Å². The van der Waals surface area contributed by atoms with Crippen molar-refractivity contribution in [3.63, 3.8) is 0 Å². The van der Waals surface area contributed by atoms with Crippen LogP contribution in [0.5, 0.6) is 0 Å². The number of hydrogen-bond donors (Lipinski definition) is 4. The summed E-state index contributed by atoms with van der Waals surface area (Å²) in [7, 11) is 0. The summed E-state index contributed by atoms with van der Waals surface area (Å²) in [4.78, 5) is 53.1. The summed E-state index contributed by atoms with van der Waals surface area (Å²) < 4.78 is 15.5. The van der Waals surface area contributed by atoms with Gasteiger partial charge in [0.15, 0.2) is 0 Å². The summed E-state index contributed by atoms with van der Waals surface area (Å²) in [5, 5.41) is 27.1. The molecule has 0 aliphatic carbocycles. The fraction of sp³-hybridized carbons (Fsp3) is 0.793. The van der Waals surface area contributed by atoms with Gasteiger partial charge >= 0.3 is 0 Å². The second kappa shape index (κ2) is 53.6. The third-order valence-corrected chi connectivity index (χ3v) is 7.69. The van der Waals surface area contributed by atoms with Crippen LogP contribution in [0.3, 0.4) is 0 Å². The summed E-state index contributed by atoms with van der Waals surface area (Å²) >= 11 is 0. The first-order valence-corrected chi connectivity index (χ1v) is 13.6. The maximum absolute atomic E-state index is 10.3. The Morgan fingerprint density at radius 1 is 0.400 bits per heavy atom. The van der Waals surface area contributed by atoms with Crippen LogP contribution in [0.25, 0.3) is 0 Å². The van der Waals surface area contributed by atoms with Crippen LogP contribution in [-0.2, 0) is 141 Å². The molecule has 0 saturated carbocycles. The Morgan fingerprint density at radius 2 is 0.578 bits per heavy atom. The van der Waals surface area contributed by atoms with E-state index in [1.165, 1.54) is 12.9 Å². The van der Waals surface area contributed by atoms with Gasteiger partial charge in [0, 0.05) is 109 Å². The van der Waals surface area contributed by atoms with E-state index in [1.807, 2.05) is 0 Å². The van der Waals surface area contributed by atoms with E-state index in [9.17, 15) is 9.59 Å². The molecule has 0 unspecified atom stereocenters. The molecule has 0 fully saturated rings. The SMILES string of the molecule is CCC(CC)(CC)COCC(CC)(CC)CO[C-]=O.CCC(CC)(CC)CO[C-]=O.O=[C-]O.O=[C-]O.O=[C-]O.O=[C-]O.[Y].[Y].[Y]. The van der Waals surface area contributed by atoms with E-state index < -0.39 is 0 Å². The van der Waals surface area contributed by atoms with Crippen molar-refractivity contribution in [1.29, 1.82) is 0 Å². The van der Waals surface area contributed by atoms with E-state index in [1.54, 1.807) is 0 Å². The number of hydrogen-bond acceptors (Lipinski definition) is 9. The first kappa shape index (κ1) is 67.3. The van der Waals surface area contributed by atoms with Crippen molar-refractivity contribution in [2.24, 2.45) is 16.2 Å². The van der Waals surface area contributed by atoms with Gasteiger partial charge in [0.25, 0.3) is 0 Å². The molecule has 0 heterocycles. The molecule has 4 N–H and O–H groups in total. The molecule has 0 bridgehead atoms. The largest absolute Gasteiger partial charge is 0.665 e. The van der Waals surface area contributed by atoms with Gasteiger partial charge in [-0.05, 0) is 56.8 Å². The molecular weight excluding hydrogens is 823 g/mol. The van der Waals surface area contributed by atoms with Gasteiger partial charge in [0.2, 0.25) is 0 Å². The van der Waals surface area contributed by atoms with E-state index in [0.717, 1.165) is 58.0 Å². The molecule has 0 saturated heterocycles. The fourth-order valence-corrected chi connectivity index (χ4v) is 3.66. The Labute approximate surface area is 346 Å². The molecule has 16 heteroatoms. The fourth-order valence-electron chi connectivity index (χ4n) is 3.66. The standard InChI is InChI=1S/C16H31O3.C9H17O2.4CHO2.3Y/c1-6-15(7-2,8-3)11-18-12-16(9-4,10-5)13-19-14-17;1-4-9(5-2,6-3)7-11-8-10;4*2-1-3;;;/h6-13H2,1-5H3;4-7H2,1-3H3;4*(H,2,3);;;/q6*-1;;;. The van der Waals surface area contributed by atoms with Crippen LogP contribution in [0, 0.1) is 16.2 Å². The van der Waals surface area contributed by atoms with E-state index in [2.05, 4.69) is 60.1 Å². The van der Waals surface area contributed by atoms with Crippen molar-refractivity contribution in [3.8, 4) is 0 Å². The molecule has 0 rings (SSSR count). The van der Waals surface area contributed by atoms with Crippen molar-refractivity contribution in [1.82, 2.24) is 0 Å². The topological polar surface area (TPSA) is 211 Å². The Kier molecular flexibility index (Phi) is 80.1. The molecule has 13 nitrogen and oxygen atoms in total. The number of rotatable bonds is 18. The first-order valence-electron chi connectivity index (χ1n) is 13.6. The molecule has 0 aliphatic heterocycles. The number of aliphatic hydroxyl groups excluding tert-OH is 4. The predicted octanol–water partition coefficient (Wildman–Crippen LogP) is 4.84. The van der Waals surface area contributed by atoms with Crippen LogP contribution in [0.15, 0.2) is 0 Å². The maximum Gasteiger partial charge on any atom is 0.0561 e. The van der Waals surface area contributed by atoms with Crippen molar-refractivity contribution >= 4 is 38.8 Å². The van der Waals surface area contributed by atoms with Gasteiger partial charge < -0.3 is 63.4 Å². The van der Waals surface area contributed by atoms with Crippen LogP contribution in [-0.4, -0.2) is 85.7 Å². The summed E-state index contributed by atoms with van der Waals surface area (Å²) in [6.45, 7) is 24.7. The maximum atomic E-state index is 10.3. The van der Waals surface area contributed by atoms with Gasteiger partial charge in [0.1, 0.15) is 0 Å². The molecule has 0 atom stereocenters. The van der Waals surface area contributed by atoms with Gasteiger partial charge in [-0.3, -0.25) is 0 Å². The Balaban J connectivity index is -0.0000000605. The van der Waals surface area contributed by atoms with Crippen LogP contribution in [0.2, 0.25) is 0 Å². The van der Waals surface area contributed by atoms with Crippen LogP contribution < -0.4 is 0 Å². The molecule has 0 aromatic rings. The monoisotopic (exact) mass is 875 g/mol. The minimum Gasteiger partial charge on any atom is -0.665 e. The van der Waals surface area contributed by atoms with E-state index in [4.69, 9.17) is 49.1 Å². The molecule has 3 radical (unpaired) electrons. The van der Waals surface area contributed by atoms with Crippen LogP contribution in [0.4, 0.5) is 0 Å². The first-order chi connectivity index (χ1) is 20.0. The number of carbonyl (C=O) groups excluding carboxylic acids is 2. The average molecular weight is 875 g/mol. The minimum atomic E-state index is -0.0572. The Hall–Kier alpha value is 0.0917. The third kappa shape index (κ3) is 44.1. The third-order valence-electron chi connectivity index (χ3n) is 7.69. The minimum absolute atomic E-state index is 0. The van der Waals surface area contributed by atoms with Crippen molar-refractivity contribution < 1.29 is 162 Å². The molecule has 0 aliphatic rings. The second-order valence-electron chi connectivity index (χ2n) is 8.93. The van der Waals surface area contributed by atoms with Crippen LogP contribution >= 0.6 is 0 Å². The van der Waals surface area contributed by atoms with Crippen molar-refractivity contribution in [3.05, 3.63) is 0 Å². The molecule has 0 amide bonds. The number of ether oxygens (including phenoxy) is 3. The smallest absolute Gasteiger partial charge is 0.0561 e. The summed E-state index contributed by atoms with van der Waals surface area (Å²) in [6.07, 6.45) is 8.49. The van der Waals surface area contributed by atoms with E-state index >= 15 is 0 Å². The van der Waals surface area contributed by atoms with Gasteiger partial charge in [-0.1, -0.05) is 94.2 Å². The molecule has 0 aromatic heterocycles. The van der Waals surface area contributed by atoms with Crippen LogP contribution in [0.1, 0.15) is 107 Å². The van der Waals surface area contributed by atoms with Gasteiger partial charge in [-0.15, -0.1) is 0 Å². The molecule has 0 aromatic carbocycles. The van der Waals surface area contributed by atoms with Gasteiger partial charge in [0.05, 0.1) is 26.4 Å². The average Bonchev–Trinajstić information content (AvgIpc) is 3.00. The summed E-state index contributed by atoms with van der Waals surface area (Å²) in [6, 6.07) is 0. The summed E-state index contributed by atoms with van der Waals surface area (Å²) in [5.74, 6) is 0. The van der Waals surface area contributed by atoms with Gasteiger partial charge in [-0.25, -0.2) is 0 Å². The zero-order chi connectivity index (χ0) is 34.3. The van der Waals surface area contributed by atoms with E-state index in [-0.39, 0.29) is 109 Å². The normalized spacial score (nSPS) is 9.07. The van der Waals surface area contributed by atoms with Gasteiger partial charge in [-0.2, -0.15) is 0 Å². The molecule has 45 heavy (non-hydrogen) atoms. The molecule has 0 spiro atoms.